The number of nitrogens with zero attached hydrogens (tertiary/aromatic N) is 1. The molecule has 0 spiro atoms. The summed E-state index contributed by atoms with van der Waals surface area (Å²) in [5.74, 6) is -1.32. The number of rotatable bonds is 6. The van der Waals surface area contributed by atoms with Gasteiger partial charge in [-0.3, -0.25) is 0 Å². The van der Waals surface area contributed by atoms with Crippen LogP contribution in [-0.4, -0.2) is 16.8 Å². The van der Waals surface area contributed by atoms with E-state index in [9.17, 15) is 9.18 Å². The first-order chi connectivity index (χ1) is 13.4. The van der Waals surface area contributed by atoms with Crippen LogP contribution in [0.15, 0.2) is 58.1 Å². The van der Waals surface area contributed by atoms with Gasteiger partial charge in [-0.15, -0.1) is 0 Å². The van der Waals surface area contributed by atoms with Crippen molar-refractivity contribution in [1.82, 2.24) is 5.43 Å². The van der Waals surface area contributed by atoms with Crippen LogP contribution in [0, 0.1) is 5.82 Å². The van der Waals surface area contributed by atoms with Crippen LogP contribution in [0.4, 0.5) is 4.39 Å². The Hall–Kier alpha value is -2.83. The lowest BCUT2D eigenvalue weighted by Crippen LogP contribution is -2.16. The molecule has 0 unspecified atom stereocenters. The van der Waals surface area contributed by atoms with E-state index in [1.54, 1.807) is 37.3 Å². The third-order valence-corrected chi connectivity index (χ3v) is 4.32. The predicted octanol–water partition coefficient (Wildman–Crippen LogP) is 5.65. The number of hydrazone groups is 1. The molecule has 2 N–H and O–H groups in total. The van der Waals surface area contributed by atoms with Gasteiger partial charge >= 0.3 is 5.97 Å². The first-order valence-corrected chi connectivity index (χ1v) is 8.98. The van der Waals surface area contributed by atoms with E-state index >= 15 is 0 Å². The highest BCUT2D eigenvalue weighted by molar-refractivity contribution is 6.40. The van der Waals surface area contributed by atoms with E-state index in [2.05, 4.69) is 10.5 Å². The van der Waals surface area contributed by atoms with Gasteiger partial charge in [-0.1, -0.05) is 29.3 Å². The maximum atomic E-state index is 14.2. The average molecular weight is 421 g/mol. The fraction of sp³-hybridized carbons (Fsp3) is 0.100. The first kappa shape index (κ1) is 19.9. The number of halogens is 3. The van der Waals surface area contributed by atoms with Crippen molar-refractivity contribution in [1.29, 1.82) is 0 Å². The van der Waals surface area contributed by atoms with Crippen molar-refractivity contribution < 1.29 is 18.7 Å². The van der Waals surface area contributed by atoms with Crippen molar-refractivity contribution in [2.45, 2.75) is 13.5 Å². The van der Waals surface area contributed by atoms with Crippen molar-refractivity contribution in [2.24, 2.45) is 5.10 Å². The molecular formula is C20H15Cl2FN2O3. The molecule has 0 atom stereocenters. The molecule has 3 aromatic rings. The highest BCUT2D eigenvalue weighted by atomic mass is 35.5. The van der Waals surface area contributed by atoms with Gasteiger partial charge < -0.3 is 14.9 Å². The number of carboxylic acid groups (broad SMARTS) is 1. The normalized spacial score (nSPS) is 12.1. The fourth-order valence-electron chi connectivity index (χ4n) is 2.66. The summed E-state index contributed by atoms with van der Waals surface area (Å²) in [6.07, 6.45) is 2.95. The number of hydrogen-bond acceptors (Lipinski definition) is 4. The lowest BCUT2D eigenvalue weighted by Gasteiger charge is -2.04. The zero-order chi connectivity index (χ0) is 20.3. The Morgan fingerprint density at radius 1 is 1.25 bits per heavy atom. The molecule has 0 fully saturated rings. The van der Waals surface area contributed by atoms with Crippen LogP contribution in [0.3, 0.4) is 0 Å². The molecule has 144 valence electrons. The topological polar surface area (TPSA) is 74.8 Å². The van der Waals surface area contributed by atoms with Gasteiger partial charge in [0.15, 0.2) is 5.71 Å². The molecule has 0 saturated heterocycles. The van der Waals surface area contributed by atoms with E-state index in [4.69, 9.17) is 32.7 Å². The number of hydrogen-bond donors (Lipinski definition) is 2. The third-order valence-electron chi connectivity index (χ3n) is 3.87. The molecular weight excluding hydrogens is 406 g/mol. The smallest absolute Gasteiger partial charge is 0.356 e. The molecule has 1 aromatic heterocycles. The Kier molecular flexibility index (Phi) is 6.02. The van der Waals surface area contributed by atoms with Crippen molar-refractivity contribution in [2.75, 3.05) is 0 Å². The van der Waals surface area contributed by atoms with Crippen LogP contribution < -0.4 is 5.43 Å². The molecule has 28 heavy (non-hydrogen) atoms. The molecule has 8 heteroatoms. The molecule has 0 aliphatic carbocycles. The molecule has 0 saturated carbocycles. The Labute approximate surface area is 170 Å². The summed E-state index contributed by atoms with van der Waals surface area (Å²) in [5, 5.41) is 14.4. The predicted molar refractivity (Wildman–Crippen MR) is 108 cm³/mol. The van der Waals surface area contributed by atoms with Gasteiger partial charge in [-0.25, -0.2) is 9.18 Å². The summed E-state index contributed by atoms with van der Waals surface area (Å²) in [4.78, 5) is 11.1. The van der Waals surface area contributed by atoms with E-state index < -0.39 is 11.8 Å². The summed E-state index contributed by atoms with van der Waals surface area (Å²) in [7, 11) is 0. The largest absolute Gasteiger partial charge is 0.476 e. The highest BCUT2D eigenvalue weighted by Gasteiger charge is 2.15. The van der Waals surface area contributed by atoms with Crippen LogP contribution in [0.5, 0.6) is 0 Å². The molecule has 1 heterocycles. The quantitative estimate of drug-likeness (QED) is 0.398. The van der Waals surface area contributed by atoms with Crippen molar-refractivity contribution >= 4 is 45.9 Å². The second kappa shape index (κ2) is 8.46. The minimum Gasteiger partial charge on any atom is -0.476 e. The van der Waals surface area contributed by atoms with Gasteiger partial charge in [0.2, 0.25) is 0 Å². The maximum absolute atomic E-state index is 14.2. The molecule has 0 radical (unpaired) electrons. The highest BCUT2D eigenvalue weighted by Crippen LogP contribution is 2.34. The standard InChI is InChI=1S/C20H15Cl2FN2O3/c1-2-3-17(20(26)27)25-24-10-12-7-14(22)6-11-8-18(28-19(11)12)15-5-4-13(21)9-16(15)23/h2-9,24H,10H2,1H3,(H,26,27)/b3-2+,25-17+. The minimum atomic E-state index is -1.15. The second-order valence-corrected chi connectivity index (χ2v) is 6.73. The number of nitrogens with one attached hydrogen (secondary N) is 1. The molecule has 0 amide bonds. The molecule has 0 aliphatic heterocycles. The molecule has 2 aromatic carbocycles. The summed E-state index contributed by atoms with van der Waals surface area (Å²) < 4.78 is 20.1. The van der Waals surface area contributed by atoms with E-state index in [1.807, 2.05) is 0 Å². The van der Waals surface area contributed by atoms with Gasteiger partial charge in [0, 0.05) is 21.0 Å². The van der Waals surface area contributed by atoms with Crippen molar-refractivity contribution in [3.63, 3.8) is 0 Å². The van der Waals surface area contributed by atoms with Gasteiger partial charge in [0.1, 0.15) is 17.2 Å². The maximum Gasteiger partial charge on any atom is 0.356 e. The van der Waals surface area contributed by atoms with E-state index in [-0.39, 0.29) is 17.8 Å². The van der Waals surface area contributed by atoms with Gasteiger partial charge in [0.05, 0.1) is 12.1 Å². The van der Waals surface area contributed by atoms with Crippen LogP contribution in [0.25, 0.3) is 22.3 Å². The van der Waals surface area contributed by atoms with Crippen molar-refractivity contribution in [3.05, 3.63) is 70.0 Å². The van der Waals surface area contributed by atoms with Gasteiger partial charge in [-0.05, 0) is 49.4 Å². The monoisotopic (exact) mass is 420 g/mol. The van der Waals surface area contributed by atoms with Crippen molar-refractivity contribution in [3.8, 4) is 11.3 Å². The SMILES string of the molecule is C/C=C/C(=N\NCc1cc(Cl)cc2cc(-c3ccc(Cl)cc3F)oc12)C(=O)O. The summed E-state index contributed by atoms with van der Waals surface area (Å²) in [6, 6.07) is 9.38. The molecule has 5 nitrogen and oxygen atoms in total. The molecule has 0 aliphatic rings. The number of fused-ring (bicyclic) bond motifs is 1. The molecule has 3 rings (SSSR count). The molecule has 0 bridgehead atoms. The van der Waals surface area contributed by atoms with Crippen LogP contribution in [-0.2, 0) is 11.3 Å². The van der Waals surface area contributed by atoms with Crippen LogP contribution >= 0.6 is 23.2 Å². The summed E-state index contributed by atoms with van der Waals surface area (Å²) in [5.41, 5.74) is 3.99. The zero-order valence-corrected chi connectivity index (χ0v) is 16.2. The number of carboxylic acids is 1. The second-order valence-electron chi connectivity index (χ2n) is 5.86. The average Bonchev–Trinajstić information content (AvgIpc) is 3.04. The minimum absolute atomic E-state index is 0.135. The Morgan fingerprint density at radius 2 is 2.04 bits per heavy atom. The van der Waals surface area contributed by atoms with Crippen LogP contribution in [0.1, 0.15) is 12.5 Å². The zero-order valence-electron chi connectivity index (χ0n) is 14.7. The number of allylic oxidation sites excluding steroid dienone is 1. The summed E-state index contributed by atoms with van der Waals surface area (Å²) in [6.45, 7) is 1.86. The van der Waals surface area contributed by atoms with E-state index in [0.717, 1.165) is 0 Å². The number of carbonyl (C=O) groups is 1. The third kappa shape index (κ3) is 4.35. The van der Waals surface area contributed by atoms with Gasteiger partial charge in [0.25, 0.3) is 0 Å². The van der Waals surface area contributed by atoms with E-state index in [1.165, 1.54) is 18.2 Å². The number of aliphatic carboxylic acids is 1. The summed E-state index contributed by atoms with van der Waals surface area (Å²) >= 11 is 12.0. The lowest BCUT2D eigenvalue weighted by atomic mass is 10.1. The Morgan fingerprint density at radius 3 is 2.71 bits per heavy atom. The number of benzene rings is 2. The van der Waals surface area contributed by atoms with Gasteiger partial charge in [-0.2, -0.15) is 5.10 Å². The lowest BCUT2D eigenvalue weighted by molar-refractivity contribution is -0.129. The number of furan rings is 1. The fourth-order valence-corrected chi connectivity index (χ4v) is 3.07. The Balaban J connectivity index is 1.96. The first-order valence-electron chi connectivity index (χ1n) is 8.23. The van der Waals surface area contributed by atoms with E-state index in [0.29, 0.717) is 32.3 Å². The van der Waals surface area contributed by atoms with Crippen LogP contribution in [0.2, 0.25) is 10.0 Å². The Bertz CT molecular complexity index is 1110.